The van der Waals surface area contributed by atoms with Crippen LogP contribution < -0.4 is 4.74 Å². The van der Waals surface area contributed by atoms with E-state index in [1.165, 1.54) is 12.1 Å². The summed E-state index contributed by atoms with van der Waals surface area (Å²) < 4.78 is 11.7. The number of nitro benzene ring substituents is 1. The highest BCUT2D eigenvalue weighted by molar-refractivity contribution is 5.69. The van der Waals surface area contributed by atoms with Gasteiger partial charge in [0, 0.05) is 37.1 Å². The summed E-state index contributed by atoms with van der Waals surface area (Å²) in [4.78, 5) is 24.8. The largest absolute Gasteiger partial charge is 0.487 e. The lowest BCUT2D eigenvalue weighted by Gasteiger charge is -2.44. The number of ether oxygens (including phenoxy) is 2. The highest BCUT2D eigenvalue weighted by Crippen LogP contribution is 2.43. The van der Waals surface area contributed by atoms with Crippen molar-refractivity contribution in [2.75, 3.05) is 0 Å². The molecule has 1 aromatic carbocycles. The lowest BCUT2D eigenvalue weighted by molar-refractivity contribution is -0.384. The molecule has 7 nitrogen and oxygen atoms in total. The van der Waals surface area contributed by atoms with E-state index in [4.69, 9.17) is 9.47 Å². The Hall–Kier alpha value is -2.31. The fraction of sp³-hybridized carbons (Fsp3) is 0.632. The van der Waals surface area contributed by atoms with Crippen molar-refractivity contribution >= 4 is 11.8 Å². The number of rotatable bonds is 3. The fourth-order valence-electron chi connectivity index (χ4n) is 4.06. The molecule has 2 atom stereocenters. The molecule has 0 saturated carbocycles. The molecule has 142 valence electrons. The molecule has 7 heteroatoms. The SMILES string of the molecule is CC(C)(C)OC(=O)N1C2CCC1CC(C)(Oc1ccc([N+](=O)[O-])cc1)C2. The van der Waals surface area contributed by atoms with Gasteiger partial charge >= 0.3 is 6.09 Å². The second kappa shape index (κ2) is 6.45. The van der Waals surface area contributed by atoms with E-state index in [0.29, 0.717) is 5.75 Å². The number of non-ortho nitro benzene ring substituents is 1. The molecular formula is C19H26N2O5. The van der Waals surface area contributed by atoms with Gasteiger partial charge in [-0.1, -0.05) is 0 Å². The predicted molar refractivity (Wildman–Crippen MR) is 96.2 cm³/mol. The zero-order chi connectivity index (χ0) is 19.1. The van der Waals surface area contributed by atoms with Gasteiger partial charge in [-0.3, -0.25) is 10.1 Å². The Morgan fingerprint density at radius 2 is 1.73 bits per heavy atom. The van der Waals surface area contributed by atoms with E-state index in [2.05, 4.69) is 0 Å². The monoisotopic (exact) mass is 362 g/mol. The molecule has 0 radical (unpaired) electrons. The molecule has 3 rings (SSSR count). The molecule has 0 aliphatic carbocycles. The van der Waals surface area contributed by atoms with Crippen molar-refractivity contribution < 1.29 is 19.2 Å². The molecule has 26 heavy (non-hydrogen) atoms. The lowest BCUT2D eigenvalue weighted by atomic mass is 9.87. The molecule has 2 heterocycles. The van der Waals surface area contributed by atoms with Gasteiger partial charge in [-0.25, -0.2) is 4.79 Å². The van der Waals surface area contributed by atoms with Crippen LogP contribution >= 0.6 is 0 Å². The van der Waals surface area contributed by atoms with Gasteiger partial charge in [-0.2, -0.15) is 0 Å². The van der Waals surface area contributed by atoms with Gasteiger partial charge in [0.05, 0.1) is 4.92 Å². The average molecular weight is 362 g/mol. The Kier molecular flexibility index (Phi) is 4.58. The summed E-state index contributed by atoms with van der Waals surface area (Å²) >= 11 is 0. The molecule has 1 aromatic rings. The van der Waals surface area contributed by atoms with Crippen LogP contribution in [0, 0.1) is 10.1 Å². The smallest absolute Gasteiger partial charge is 0.410 e. The van der Waals surface area contributed by atoms with Gasteiger partial charge in [0.2, 0.25) is 0 Å². The first-order valence-electron chi connectivity index (χ1n) is 9.01. The van der Waals surface area contributed by atoms with Crippen molar-refractivity contribution in [3.05, 3.63) is 34.4 Å². The van der Waals surface area contributed by atoms with Crippen LogP contribution in [0.25, 0.3) is 0 Å². The Morgan fingerprint density at radius 3 is 2.19 bits per heavy atom. The second-order valence-corrected chi connectivity index (χ2v) is 8.48. The molecule has 2 saturated heterocycles. The minimum Gasteiger partial charge on any atom is -0.487 e. The van der Waals surface area contributed by atoms with Crippen LogP contribution in [0.4, 0.5) is 10.5 Å². The standard InChI is InChI=1S/C19H26N2O5/c1-18(2,3)26-17(22)20-14-5-6-15(20)12-19(4,11-14)25-16-9-7-13(8-10-16)21(23)24/h7-10,14-15H,5-6,11-12H2,1-4H3. The number of carbonyl (C=O) groups excluding carboxylic acids is 1. The summed E-state index contributed by atoms with van der Waals surface area (Å²) in [7, 11) is 0. The Bertz CT molecular complexity index is 681. The normalized spacial score (nSPS) is 27.9. The van der Waals surface area contributed by atoms with Crippen LogP contribution in [0.15, 0.2) is 24.3 Å². The first-order valence-corrected chi connectivity index (χ1v) is 9.01. The number of carbonyl (C=O) groups is 1. The zero-order valence-corrected chi connectivity index (χ0v) is 15.7. The molecule has 1 amide bonds. The van der Waals surface area contributed by atoms with Gasteiger partial charge in [0.15, 0.2) is 0 Å². The Balaban J connectivity index is 1.69. The Morgan fingerprint density at radius 1 is 1.19 bits per heavy atom. The zero-order valence-electron chi connectivity index (χ0n) is 15.7. The van der Waals surface area contributed by atoms with Crippen LogP contribution in [0.2, 0.25) is 0 Å². The van der Waals surface area contributed by atoms with E-state index in [9.17, 15) is 14.9 Å². The summed E-state index contributed by atoms with van der Waals surface area (Å²) in [6, 6.07) is 6.36. The molecule has 2 fully saturated rings. The van der Waals surface area contributed by atoms with Crippen LogP contribution in [0.5, 0.6) is 5.75 Å². The van der Waals surface area contributed by atoms with Crippen molar-refractivity contribution in [2.45, 2.75) is 76.7 Å². The van der Waals surface area contributed by atoms with Crippen LogP contribution in [0.1, 0.15) is 53.4 Å². The number of hydrogen-bond acceptors (Lipinski definition) is 5. The quantitative estimate of drug-likeness (QED) is 0.591. The number of fused-ring (bicyclic) bond motifs is 2. The van der Waals surface area contributed by atoms with Crippen LogP contribution in [-0.2, 0) is 4.74 Å². The minimum atomic E-state index is -0.507. The first-order chi connectivity index (χ1) is 12.1. The minimum absolute atomic E-state index is 0.0438. The summed E-state index contributed by atoms with van der Waals surface area (Å²) in [5.41, 5.74) is -0.866. The van der Waals surface area contributed by atoms with Crippen molar-refractivity contribution in [1.82, 2.24) is 4.90 Å². The fourth-order valence-corrected chi connectivity index (χ4v) is 4.06. The van der Waals surface area contributed by atoms with Gasteiger partial charge < -0.3 is 14.4 Å². The molecular weight excluding hydrogens is 336 g/mol. The van der Waals surface area contributed by atoms with E-state index < -0.39 is 16.1 Å². The van der Waals surface area contributed by atoms with Crippen molar-refractivity contribution in [1.29, 1.82) is 0 Å². The van der Waals surface area contributed by atoms with E-state index in [1.807, 2.05) is 32.6 Å². The summed E-state index contributed by atoms with van der Waals surface area (Å²) in [6.45, 7) is 7.67. The van der Waals surface area contributed by atoms with Crippen LogP contribution in [0.3, 0.4) is 0 Å². The molecule has 0 spiro atoms. The molecule has 2 aliphatic rings. The van der Waals surface area contributed by atoms with E-state index in [-0.39, 0.29) is 23.9 Å². The lowest BCUT2D eigenvalue weighted by Crippen LogP contribution is -2.55. The maximum Gasteiger partial charge on any atom is 0.410 e. The maximum absolute atomic E-state index is 12.5. The Labute approximate surface area is 153 Å². The first kappa shape index (κ1) is 18.5. The van der Waals surface area contributed by atoms with Crippen molar-refractivity contribution in [2.24, 2.45) is 0 Å². The summed E-state index contributed by atoms with van der Waals surface area (Å²) in [6.07, 6.45) is 3.09. The van der Waals surface area contributed by atoms with Gasteiger partial charge in [0.1, 0.15) is 17.0 Å². The van der Waals surface area contributed by atoms with Crippen molar-refractivity contribution in [3.63, 3.8) is 0 Å². The van der Waals surface area contributed by atoms with Gasteiger partial charge in [-0.15, -0.1) is 0 Å². The highest BCUT2D eigenvalue weighted by Gasteiger charge is 2.50. The van der Waals surface area contributed by atoms with Gasteiger partial charge in [0.25, 0.3) is 5.69 Å². The predicted octanol–water partition coefficient (Wildman–Crippen LogP) is 4.29. The topological polar surface area (TPSA) is 81.9 Å². The number of piperidine rings is 1. The molecule has 2 aliphatic heterocycles. The maximum atomic E-state index is 12.5. The van der Waals surface area contributed by atoms with Gasteiger partial charge in [-0.05, 0) is 52.7 Å². The average Bonchev–Trinajstić information content (AvgIpc) is 2.79. The molecule has 2 bridgehead atoms. The van der Waals surface area contributed by atoms with E-state index in [0.717, 1.165) is 25.7 Å². The summed E-state index contributed by atoms with van der Waals surface area (Å²) in [5, 5.41) is 10.8. The molecule has 0 aromatic heterocycles. The number of hydrogen-bond donors (Lipinski definition) is 0. The number of amides is 1. The summed E-state index contributed by atoms with van der Waals surface area (Å²) in [5.74, 6) is 0.614. The third-order valence-electron chi connectivity index (χ3n) is 4.97. The van der Waals surface area contributed by atoms with E-state index in [1.54, 1.807) is 12.1 Å². The molecule has 0 N–H and O–H groups in total. The third kappa shape index (κ3) is 3.92. The number of nitro groups is 1. The number of nitrogens with zero attached hydrogens (tertiary/aromatic N) is 2. The highest BCUT2D eigenvalue weighted by atomic mass is 16.6. The number of benzene rings is 1. The van der Waals surface area contributed by atoms with E-state index >= 15 is 0 Å². The van der Waals surface area contributed by atoms with Crippen molar-refractivity contribution in [3.8, 4) is 5.75 Å². The second-order valence-electron chi connectivity index (χ2n) is 8.48. The molecule has 2 unspecified atom stereocenters. The third-order valence-corrected chi connectivity index (χ3v) is 4.97. The van der Waals surface area contributed by atoms with Crippen LogP contribution in [-0.4, -0.2) is 39.2 Å².